The molecule has 0 fully saturated rings. The van der Waals surface area contributed by atoms with E-state index < -0.39 is 22.6 Å². The predicted octanol–water partition coefficient (Wildman–Crippen LogP) is 3.16. The maximum absolute atomic E-state index is 12.6. The summed E-state index contributed by atoms with van der Waals surface area (Å²) in [5, 5.41) is 0. The van der Waals surface area contributed by atoms with Crippen molar-refractivity contribution >= 4 is 27.5 Å². The average Bonchev–Trinajstić information content (AvgIpc) is 3.20. The summed E-state index contributed by atoms with van der Waals surface area (Å²) in [4.78, 5) is 26.7. The van der Waals surface area contributed by atoms with Crippen molar-refractivity contribution < 1.29 is 22.7 Å². The zero-order chi connectivity index (χ0) is 20.1. The van der Waals surface area contributed by atoms with Gasteiger partial charge in [-0.05, 0) is 55.0 Å². The van der Waals surface area contributed by atoms with Crippen molar-refractivity contribution in [2.24, 2.45) is 0 Å². The first-order valence-electron chi connectivity index (χ1n) is 8.38. The first-order valence-corrected chi connectivity index (χ1v) is 9.87. The Bertz CT molecular complexity index is 1110. The summed E-state index contributed by atoms with van der Waals surface area (Å²) in [6, 6.07) is 15.6. The first-order chi connectivity index (χ1) is 13.3. The van der Waals surface area contributed by atoms with E-state index >= 15 is 0 Å². The third kappa shape index (κ3) is 4.66. The van der Waals surface area contributed by atoms with Crippen molar-refractivity contribution in [1.29, 1.82) is 0 Å². The van der Waals surface area contributed by atoms with Crippen molar-refractivity contribution in [3.8, 4) is 0 Å². The highest BCUT2D eigenvalue weighted by Gasteiger charge is 2.18. The number of aryl methyl sites for hydroxylation is 1. The molecule has 0 bridgehead atoms. The number of hydrogen-bond acceptors (Lipinski definition) is 5. The molecule has 0 aliphatic heterocycles. The smallest absolute Gasteiger partial charge is 0.338 e. The predicted molar refractivity (Wildman–Crippen MR) is 104 cm³/mol. The third-order valence-electron chi connectivity index (χ3n) is 3.88. The van der Waals surface area contributed by atoms with Crippen LogP contribution in [0.25, 0.3) is 0 Å². The number of sulfonamides is 1. The number of Topliss-reactive ketones (excluding diaryl/α,β-unsaturated/α-hetero) is 1. The molecule has 7 nitrogen and oxygen atoms in total. The van der Waals surface area contributed by atoms with E-state index in [0.717, 1.165) is 5.56 Å². The van der Waals surface area contributed by atoms with Crippen LogP contribution in [0.3, 0.4) is 0 Å². The normalized spacial score (nSPS) is 11.0. The Labute approximate surface area is 162 Å². The molecule has 3 aromatic rings. The van der Waals surface area contributed by atoms with Gasteiger partial charge in [-0.1, -0.05) is 18.2 Å². The Balaban J connectivity index is 1.72. The van der Waals surface area contributed by atoms with Crippen LogP contribution in [0.1, 0.15) is 26.4 Å². The molecule has 0 aliphatic carbocycles. The second kappa shape index (κ2) is 8.10. The van der Waals surface area contributed by atoms with E-state index in [0.29, 0.717) is 11.4 Å². The van der Waals surface area contributed by atoms with E-state index in [-0.39, 0.29) is 16.2 Å². The van der Waals surface area contributed by atoms with Gasteiger partial charge in [-0.2, -0.15) is 0 Å². The van der Waals surface area contributed by atoms with E-state index in [1.807, 2.05) is 13.0 Å². The van der Waals surface area contributed by atoms with Gasteiger partial charge in [0.05, 0.1) is 16.2 Å². The summed E-state index contributed by atoms with van der Waals surface area (Å²) in [6.45, 7) is 1.40. The largest absolute Gasteiger partial charge is 0.454 e. The highest BCUT2D eigenvalue weighted by molar-refractivity contribution is 7.92. The number of aromatic amines is 1. The molecule has 0 spiro atoms. The molecular weight excluding hydrogens is 380 g/mol. The molecule has 0 saturated carbocycles. The topological polar surface area (TPSA) is 105 Å². The Kier molecular flexibility index (Phi) is 5.60. The minimum absolute atomic E-state index is 0.0337. The van der Waals surface area contributed by atoms with Gasteiger partial charge in [0.1, 0.15) is 0 Å². The fourth-order valence-electron chi connectivity index (χ4n) is 2.51. The van der Waals surface area contributed by atoms with E-state index in [2.05, 4.69) is 9.71 Å². The van der Waals surface area contributed by atoms with E-state index in [1.54, 1.807) is 36.5 Å². The standard InChI is InChI=1S/C20H18N2O5S/c1-14-5-2-7-16(11-14)22-28(25,26)17-8-3-6-15(12-17)20(24)27-13-19(23)18-9-4-10-21-18/h2-12,21-22H,13H2,1H3. The first kappa shape index (κ1) is 19.4. The molecular formula is C20H18N2O5S. The number of ketones is 1. The number of H-pyrrole nitrogens is 1. The van der Waals surface area contributed by atoms with Crippen molar-refractivity contribution in [3.05, 3.63) is 83.7 Å². The summed E-state index contributed by atoms with van der Waals surface area (Å²) in [7, 11) is -3.88. The fourth-order valence-corrected chi connectivity index (χ4v) is 3.60. The van der Waals surface area contributed by atoms with Gasteiger partial charge in [0.2, 0.25) is 5.78 Å². The van der Waals surface area contributed by atoms with E-state index in [1.165, 1.54) is 24.3 Å². The van der Waals surface area contributed by atoms with Crippen LogP contribution in [-0.4, -0.2) is 31.8 Å². The lowest BCUT2D eigenvalue weighted by Crippen LogP contribution is -2.16. The van der Waals surface area contributed by atoms with Crippen molar-refractivity contribution in [1.82, 2.24) is 4.98 Å². The van der Waals surface area contributed by atoms with Crippen LogP contribution in [-0.2, 0) is 14.8 Å². The molecule has 2 N–H and O–H groups in total. The van der Waals surface area contributed by atoms with Crippen LogP contribution in [0.5, 0.6) is 0 Å². The highest BCUT2D eigenvalue weighted by atomic mass is 32.2. The van der Waals surface area contributed by atoms with Crippen LogP contribution in [0.4, 0.5) is 5.69 Å². The number of hydrogen-bond donors (Lipinski definition) is 2. The number of carbonyl (C=O) groups is 2. The molecule has 144 valence electrons. The van der Waals surface area contributed by atoms with Crippen LogP contribution in [0, 0.1) is 6.92 Å². The highest BCUT2D eigenvalue weighted by Crippen LogP contribution is 2.18. The second-order valence-electron chi connectivity index (χ2n) is 6.09. The quantitative estimate of drug-likeness (QED) is 0.470. The molecule has 0 atom stereocenters. The van der Waals surface area contributed by atoms with Crippen molar-refractivity contribution in [2.45, 2.75) is 11.8 Å². The van der Waals surface area contributed by atoms with Crippen LogP contribution >= 0.6 is 0 Å². The summed E-state index contributed by atoms with van der Waals surface area (Å²) in [6.07, 6.45) is 1.59. The molecule has 8 heteroatoms. The lowest BCUT2D eigenvalue weighted by atomic mass is 10.2. The Morgan fingerprint density at radius 3 is 2.54 bits per heavy atom. The van der Waals surface area contributed by atoms with Gasteiger partial charge in [-0.3, -0.25) is 9.52 Å². The number of anilines is 1. The second-order valence-corrected chi connectivity index (χ2v) is 7.77. The monoisotopic (exact) mass is 398 g/mol. The minimum Gasteiger partial charge on any atom is -0.454 e. The maximum Gasteiger partial charge on any atom is 0.338 e. The van der Waals surface area contributed by atoms with Crippen molar-refractivity contribution in [3.63, 3.8) is 0 Å². The lowest BCUT2D eigenvalue weighted by molar-refractivity contribution is 0.0473. The molecule has 3 rings (SSSR count). The van der Waals surface area contributed by atoms with Gasteiger partial charge in [-0.25, -0.2) is 13.2 Å². The number of benzene rings is 2. The molecule has 0 radical (unpaired) electrons. The molecule has 1 aromatic heterocycles. The number of carbonyl (C=O) groups excluding carboxylic acids is 2. The number of rotatable bonds is 7. The molecule has 0 amide bonds. The van der Waals surface area contributed by atoms with Gasteiger partial charge in [-0.15, -0.1) is 0 Å². The summed E-state index contributed by atoms with van der Waals surface area (Å²) < 4.78 is 32.6. The third-order valence-corrected chi connectivity index (χ3v) is 5.26. The summed E-state index contributed by atoms with van der Waals surface area (Å²) in [5.41, 5.74) is 1.69. The van der Waals surface area contributed by atoms with E-state index in [4.69, 9.17) is 4.74 Å². The van der Waals surface area contributed by atoms with Gasteiger partial charge in [0.15, 0.2) is 6.61 Å². The van der Waals surface area contributed by atoms with Crippen molar-refractivity contribution in [2.75, 3.05) is 11.3 Å². The number of nitrogens with one attached hydrogen (secondary N) is 2. The Hall–Kier alpha value is -3.39. The van der Waals surface area contributed by atoms with Crippen LogP contribution < -0.4 is 4.72 Å². The molecule has 0 saturated heterocycles. The Morgan fingerprint density at radius 2 is 1.82 bits per heavy atom. The van der Waals surface area contributed by atoms with Crippen LogP contribution in [0.2, 0.25) is 0 Å². The number of aromatic nitrogens is 1. The van der Waals surface area contributed by atoms with Gasteiger partial charge >= 0.3 is 5.97 Å². The van der Waals surface area contributed by atoms with E-state index in [9.17, 15) is 18.0 Å². The minimum atomic E-state index is -3.88. The Morgan fingerprint density at radius 1 is 1.04 bits per heavy atom. The average molecular weight is 398 g/mol. The number of ether oxygens (including phenoxy) is 1. The zero-order valence-corrected chi connectivity index (χ0v) is 15.8. The molecule has 0 aliphatic rings. The maximum atomic E-state index is 12.6. The fraction of sp³-hybridized carbons (Fsp3) is 0.100. The van der Waals surface area contributed by atoms with Crippen LogP contribution in [0.15, 0.2) is 71.8 Å². The van der Waals surface area contributed by atoms with Gasteiger partial charge in [0.25, 0.3) is 10.0 Å². The summed E-state index contributed by atoms with van der Waals surface area (Å²) >= 11 is 0. The molecule has 2 aromatic carbocycles. The molecule has 0 unspecified atom stereocenters. The molecule has 1 heterocycles. The zero-order valence-electron chi connectivity index (χ0n) is 15.0. The molecule has 28 heavy (non-hydrogen) atoms. The SMILES string of the molecule is Cc1cccc(NS(=O)(=O)c2cccc(C(=O)OCC(=O)c3ccc[nH]3)c2)c1. The number of esters is 1. The summed E-state index contributed by atoms with van der Waals surface area (Å²) in [5.74, 6) is -1.17. The van der Waals surface area contributed by atoms with Gasteiger partial charge < -0.3 is 9.72 Å². The van der Waals surface area contributed by atoms with Gasteiger partial charge in [0, 0.05) is 11.9 Å². The lowest BCUT2D eigenvalue weighted by Gasteiger charge is -2.10.